The number of benzene rings is 2. The summed E-state index contributed by atoms with van der Waals surface area (Å²) in [5.41, 5.74) is 4.69. The van der Waals surface area contributed by atoms with Crippen molar-refractivity contribution >= 4 is 27.5 Å². The molecule has 0 aromatic heterocycles. The first-order valence-electron chi connectivity index (χ1n) is 7.06. The number of alkyl halides is 1. The van der Waals surface area contributed by atoms with Crippen LogP contribution in [0.5, 0.6) is 5.75 Å². The molecule has 2 rings (SSSR count). The molecule has 0 saturated heterocycles. The SMILES string of the molecule is Cc1cc(C(Br)c2cccc(OC(C)C)c2)c(C)cc1Cl. The molecule has 0 aliphatic heterocycles. The van der Waals surface area contributed by atoms with E-state index >= 15 is 0 Å². The van der Waals surface area contributed by atoms with Crippen LogP contribution in [0, 0.1) is 13.8 Å². The quantitative estimate of drug-likeness (QED) is 0.582. The Labute approximate surface area is 140 Å². The molecular formula is C18H20BrClO. The molecule has 0 amide bonds. The summed E-state index contributed by atoms with van der Waals surface area (Å²) in [5, 5.41) is 0.813. The van der Waals surface area contributed by atoms with E-state index in [4.69, 9.17) is 16.3 Å². The van der Waals surface area contributed by atoms with Gasteiger partial charge in [0.25, 0.3) is 0 Å². The summed E-state index contributed by atoms with van der Waals surface area (Å²) >= 11 is 9.99. The smallest absolute Gasteiger partial charge is 0.120 e. The van der Waals surface area contributed by atoms with Gasteiger partial charge in [-0.05, 0) is 68.1 Å². The van der Waals surface area contributed by atoms with Gasteiger partial charge in [-0.3, -0.25) is 0 Å². The maximum absolute atomic E-state index is 6.18. The second kappa shape index (κ2) is 6.85. The van der Waals surface area contributed by atoms with E-state index in [0.717, 1.165) is 16.3 Å². The van der Waals surface area contributed by atoms with Crippen LogP contribution in [-0.4, -0.2) is 6.10 Å². The van der Waals surface area contributed by atoms with Crippen molar-refractivity contribution in [1.82, 2.24) is 0 Å². The molecule has 0 bridgehead atoms. The molecule has 1 unspecified atom stereocenters. The number of hydrogen-bond acceptors (Lipinski definition) is 1. The van der Waals surface area contributed by atoms with Crippen LogP contribution >= 0.6 is 27.5 Å². The van der Waals surface area contributed by atoms with Crippen molar-refractivity contribution in [3.63, 3.8) is 0 Å². The topological polar surface area (TPSA) is 9.23 Å². The van der Waals surface area contributed by atoms with Gasteiger partial charge in [0.15, 0.2) is 0 Å². The Morgan fingerprint density at radius 3 is 2.43 bits per heavy atom. The van der Waals surface area contributed by atoms with Crippen LogP contribution in [-0.2, 0) is 0 Å². The molecule has 112 valence electrons. The molecule has 0 saturated carbocycles. The third-order valence-electron chi connectivity index (χ3n) is 3.34. The van der Waals surface area contributed by atoms with Crippen molar-refractivity contribution in [2.75, 3.05) is 0 Å². The molecule has 3 heteroatoms. The largest absolute Gasteiger partial charge is 0.491 e. The first-order chi connectivity index (χ1) is 9.88. The third kappa shape index (κ3) is 4.02. The third-order valence-corrected chi connectivity index (χ3v) is 4.77. The first kappa shape index (κ1) is 16.4. The Bertz CT molecular complexity index is 637. The van der Waals surface area contributed by atoms with E-state index in [1.807, 2.05) is 39.0 Å². The van der Waals surface area contributed by atoms with Gasteiger partial charge in [-0.1, -0.05) is 45.7 Å². The summed E-state index contributed by atoms with van der Waals surface area (Å²) in [7, 11) is 0. The Morgan fingerprint density at radius 1 is 1.05 bits per heavy atom. The van der Waals surface area contributed by atoms with Crippen molar-refractivity contribution in [2.45, 2.75) is 38.6 Å². The summed E-state index contributed by atoms with van der Waals surface area (Å²) in [5.74, 6) is 0.898. The number of hydrogen-bond donors (Lipinski definition) is 0. The fourth-order valence-corrected chi connectivity index (χ4v) is 3.27. The van der Waals surface area contributed by atoms with Crippen LogP contribution in [0.3, 0.4) is 0 Å². The molecule has 0 radical (unpaired) electrons. The van der Waals surface area contributed by atoms with Gasteiger partial charge in [0.1, 0.15) is 5.75 Å². The fraction of sp³-hybridized carbons (Fsp3) is 0.333. The van der Waals surface area contributed by atoms with Gasteiger partial charge in [-0.25, -0.2) is 0 Å². The van der Waals surface area contributed by atoms with Gasteiger partial charge in [0, 0.05) is 5.02 Å². The zero-order valence-corrected chi connectivity index (χ0v) is 15.1. The monoisotopic (exact) mass is 366 g/mol. The molecule has 0 fully saturated rings. The Hall–Kier alpha value is -0.990. The summed E-state index contributed by atoms with van der Waals surface area (Å²) in [6, 6.07) is 12.4. The van der Waals surface area contributed by atoms with Crippen LogP contribution < -0.4 is 4.74 Å². The van der Waals surface area contributed by atoms with Crippen molar-refractivity contribution in [3.8, 4) is 5.75 Å². The average molecular weight is 368 g/mol. The molecule has 2 aromatic carbocycles. The van der Waals surface area contributed by atoms with Gasteiger partial charge in [-0.15, -0.1) is 0 Å². The maximum atomic E-state index is 6.18. The van der Waals surface area contributed by atoms with E-state index in [0.29, 0.717) is 0 Å². The molecule has 0 aliphatic carbocycles. The van der Waals surface area contributed by atoms with Crippen molar-refractivity contribution in [2.24, 2.45) is 0 Å². The lowest BCUT2D eigenvalue weighted by Gasteiger charge is -2.17. The second-order valence-corrected chi connectivity index (χ2v) is 6.88. The van der Waals surface area contributed by atoms with E-state index in [-0.39, 0.29) is 10.9 Å². The molecular weight excluding hydrogens is 348 g/mol. The van der Waals surface area contributed by atoms with E-state index in [2.05, 4.69) is 41.1 Å². The van der Waals surface area contributed by atoms with E-state index in [1.54, 1.807) is 0 Å². The molecule has 0 aliphatic rings. The summed E-state index contributed by atoms with van der Waals surface area (Å²) in [6.45, 7) is 8.18. The van der Waals surface area contributed by atoms with Crippen molar-refractivity contribution in [3.05, 3.63) is 63.7 Å². The zero-order valence-electron chi connectivity index (χ0n) is 12.8. The number of aryl methyl sites for hydroxylation is 2. The second-order valence-electron chi connectivity index (χ2n) is 5.56. The highest BCUT2D eigenvalue weighted by atomic mass is 79.9. The lowest BCUT2D eigenvalue weighted by molar-refractivity contribution is 0.242. The minimum Gasteiger partial charge on any atom is -0.491 e. The average Bonchev–Trinajstić information content (AvgIpc) is 2.41. The molecule has 0 heterocycles. The minimum absolute atomic E-state index is 0.129. The molecule has 1 atom stereocenters. The molecule has 21 heavy (non-hydrogen) atoms. The summed E-state index contributed by atoms with van der Waals surface area (Å²) in [4.78, 5) is 0.129. The first-order valence-corrected chi connectivity index (χ1v) is 8.35. The summed E-state index contributed by atoms with van der Waals surface area (Å²) in [6.07, 6.45) is 0.175. The molecule has 0 spiro atoms. The zero-order chi connectivity index (χ0) is 15.6. The van der Waals surface area contributed by atoms with E-state index in [9.17, 15) is 0 Å². The number of rotatable bonds is 4. The van der Waals surface area contributed by atoms with Gasteiger partial charge < -0.3 is 4.74 Å². The normalized spacial score (nSPS) is 12.5. The van der Waals surface area contributed by atoms with Crippen LogP contribution in [0.4, 0.5) is 0 Å². The Balaban J connectivity index is 2.36. The minimum atomic E-state index is 0.129. The van der Waals surface area contributed by atoms with E-state index in [1.165, 1.54) is 16.7 Å². The lowest BCUT2D eigenvalue weighted by atomic mass is 9.98. The highest BCUT2D eigenvalue weighted by Gasteiger charge is 2.15. The lowest BCUT2D eigenvalue weighted by Crippen LogP contribution is -2.06. The number of ether oxygens (including phenoxy) is 1. The van der Waals surface area contributed by atoms with Gasteiger partial charge in [-0.2, -0.15) is 0 Å². The van der Waals surface area contributed by atoms with Crippen molar-refractivity contribution in [1.29, 1.82) is 0 Å². The molecule has 1 nitrogen and oxygen atoms in total. The van der Waals surface area contributed by atoms with E-state index < -0.39 is 0 Å². The van der Waals surface area contributed by atoms with Gasteiger partial charge in [0.2, 0.25) is 0 Å². The predicted octanol–water partition coefficient (Wildman–Crippen LogP) is 6.23. The van der Waals surface area contributed by atoms with Crippen molar-refractivity contribution < 1.29 is 4.74 Å². The summed E-state index contributed by atoms with van der Waals surface area (Å²) < 4.78 is 5.77. The standard InChI is InChI=1S/C18H20BrClO/c1-11(2)21-15-7-5-6-14(10-15)18(19)16-8-13(4)17(20)9-12(16)3/h5-11,18H,1-4H3. The van der Waals surface area contributed by atoms with Gasteiger partial charge in [0.05, 0.1) is 10.9 Å². The Morgan fingerprint density at radius 2 is 1.76 bits per heavy atom. The highest BCUT2D eigenvalue weighted by Crippen LogP contribution is 2.36. The van der Waals surface area contributed by atoms with Crippen LogP contribution in [0.2, 0.25) is 5.02 Å². The highest BCUT2D eigenvalue weighted by molar-refractivity contribution is 9.09. The molecule has 2 aromatic rings. The number of halogens is 2. The Kier molecular flexibility index (Phi) is 5.34. The van der Waals surface area contributed by atoms with Gasteiger partial charge >= 0.3 is 0 Å². The predicted molar refractivity (Wildman–Crippen MR) is 93.9 cm³/mol. The molecule has 0 N–H and O–H groups in total. The maximum Gasteiger partial charge on any atom is 0.120 e. The van der Waals surface area contributed by atoms with Crippen LogP contribution in [0.15, 0.2) is 36.4 Å². The van der Waals surface area contributed by atoms with Crippen LogP contribution in [0.1, 0.15) is 40.9 Å². The van der Waals surface area contributed by atoms with Crippen LogP contribution in [0.25, 0.3) is 0 Å². The fourth-order valence-electron chi connectivity index (χ4n) is 2.27.